The van der Waals surface area contributed by atoms with Gasteiger partial charge in [0.2, 0.25) is 0 Å². The number of carbonyl (C=O) groups excluding carboxylic acids is 2. The Balaban J connectivity index is 0.00000200. The van der Waals surface area contributed by atoms with E-state index in [0.717, 1.165) is 0 Å². The van der Waals surface area contributed by atoms with Gasteiger partial charge < -0.3 is 25.3 Å². The van der Waals surface area contributed by atoms with Gasteiger partial charge in [-0.15, -0.1) is 0 Å². The fourth-order valence-corrected chi connectivity index (χ4v) is 3.21. The standard InChI is InChI=1S/C13H22N2O4.Li/c1-11(2,3)19-10(18)15-8-12(9(16)17)4-5-13(15,6-12)7-14;/h4-8,14H2,1-3H3,(H,16,17);/q;+1/p-1. The smallest absolute Gasteiger partial charge is 0.549 e. The van der Waals surface area contributed by atoms with Gasteiger partial charge in [0.1, 0.15) is 5.60 Å². The van der Waals surface area contributed by atoms with E-state index in [2.05, 4.69) is 0 Å². The molecule has 2 fully saturated rings. The van der Waals surface area contributed by atoms with Crippen LogP contribution in [-0.2, 0) is 9.53 Å². The SMILES string of the molecule is CC(C)(C)OC(=O)N1CC2(C(=O)[O-])CCC1(CN)C2.[Li+]. The van der Waals surface area contributed by atoms with E-state index in [1.807, 2.05) is 0 Å². The van der Waals surface area contributed by atoms with Crippen LogP contribution in [0.1, 0.15) is 40.0 Å². The van der Waals surface area contributed by atoms with E-state index in [1.165, 1.54) is 4.90 Å². The van der Waals surface area contributed by atoms with Crippen LogP contribution >= 0.6 is 0 Å². The van der Waals surface area contributed by atoms with Gasteiger partial charge >= 0.3 is 25.0 Å². The second-order valence-corrected chi connectivity index (χ2v) is 6.74. The fourth-order valence-electron chi connectivity index (χ4n) is 3.21. The summed E-state index contributed by atoms with van der Waals surface area (Å²) in [5.74, 6) is -1.09. The third-order valence-electron chi connectivity index (χ3n) is 4.20. The average molecular weight is 276 g/mol. The third-order valence-corrected chi connectivity index (χ3v) is 4.20. The fraction of sp³-hybridized carbons (Fsp3) is 0.846. The number of aliphatic carboxylic acids is 1. The van der Waals surface area contributed by atoms with Gasteiger partial charge in [0, 0.05) is 24.5 Å². The molecule has 0 aromatic heterocycles. The van der Waals surface area contributed by atoms with Gasteiger partial charge in [-0.1, -0.05) is 0 Å². The first-order chi connectivity index (χ1) is 8.64. The number of carboxylic acid groups (broad SMARTS) is 1. The quantitative estimate of drug-likeness (QED) is 0.538. The number of nitrogens with zero attached hydrogens (tertiary/aromatic N) is 1. The summed E-state index contributed by atoms with van der Waals surface area (Å²) in [7, 11) is 0. The van der Waals surface area contributed by atoms with Crippen LogP contribution in [0, 0.1) is 5.41 Å². The van der Waals surface area contributed by atoms with E-state index in [9.17, 15) is 14.7 Å². The minimum atomic E-state index is -1.09. The molecule has 2 rings (SSSR count). The summed E-state index contributed by atoms with van der Waals surface area (Å²) in [5, 5.41) is 11.4. The normalized spacial score (nSPS) is 31.9. The maximum Gasteiger partial charge on any atom is 1.00 e. The number of carbonyl (C=O) groups is 2. The number of piperidine rings is 1. The molecule has 7 heteroatoms. The molecule has 20 heavy (non-hydrogen) atoms. The van der Waals surface area contributed by atoms with E-state index in [4.69, 9.17) is 10.5 Å². The second kappa shape index (κ2) is 5.25. The number of hydrogen-bond acceptors (Lipinski definition) is 5. The topological polar surface area (TPSA) is 95.7 Å². The Morgan fingerprint density at radius 2 is 1.95 bits per heavy atom. The largest absolute Gasteiger partial charge is 1.00 e. The molecule has 1 saturated heterocycles. The summed E-state index contributed by atoms with van der Waals surface area (Å²) in [6.45, 7) is 5.73. The van der Waals surface area contributed by atoms with Crippen molar-refractivity contribution in [2.45, 2.75) is 51.2 Å². The minimum absolute atomic E-state index is 0. The van der Waals surface area contributed by atoms with Crippen LogP contribution in [0.15, 0.2) is 0 Å². The molecule has 1 aliphatic heterocycles. The van der Waals surface area contributed by atoms with Crippen LogP contribution in [0.5, 0.6) is 0 Å². The molecule has 2 N–H and O–H groups in total. The first kappa shape index (κ1) is 17.3. The zero-order valence-corrected chi connectivity index (χ0v) is 12.7. The molecular formula is C13H21LiN2O4. The Labute approximate surface area is 131 Å². The van der Waals surface area contributed by atoms with Crippen molar-refractivity contribution >= 4 is 12.1 Å². The predicted octanol–water partition coefficient (Wildman–Crippen LogP) is -3.14. The number of rotatable bonds is 2. The Bertz CT molecular complexity index is 423. The van der Waals surface area contributed by atoms with Crippen molar-refractivity contribution < 1.29 is 38.3 Å². The first-order valence-electron chi connectivity index (χ1n) is 6.56. The molecule has 0 spiro atoms. The van der Waals surface area contributed by atoms with Crippen LogP contribution < -0.4 is 29.7 Å². The maximum atomic E-state index is 12.2. The molecule has 2 bridgehead atoms. The van der Waals surface area contributed by atoms with E-state index in [1.54, 1.807) is 20.8 Å². The van der Waals surface area contributed by atoms with Crippen LogP contribution in [0.4, 0.5) is 4.79 Å². The Kier molecular flexibility index (Phi) is 4.55. The number of hydrogen-bond donors (Lipinski definition) is 1. The van der Waals surface area contributed by atoms with Gasteiger partial charge in [0.25, 0.3) is 0 Å². The van der Waals surface area contributed by atoms with Crippen LogP contribution in [0.2, 0.25) is 0 Å². The van der Waals surface area contributed by atoms with Gasteiger partial charge in [0.15, 0.2) is 0 Å². The predicted molar refractivity (Wildman–Crippen MR) is 66.0 cm³/mol. The zero-order chi connectivity index (χ0) is 14.5. The van der Waals surface area contributed by atoms with Crippen molar-refractivity contribution in [3.05, 3.63) is 0 Å². The maximum absolute atomic E-state index is 12.2. The number of amides is 1. The summed E-state index contributed by atoms with van der Waals surface area (Å²) in [6.07, 6.45) is 1.00. The van der Waals surface area contributed by atoms with Crippen molar-refractivity contribution in [1.82, 2.24) is 4.90 Å². The molecule has 1 amide bonds. The number of fused-ring (bicyclic) bond motifs is 2. The average Bonchev–Trinajstić information content (AvgIpc) is 2.81. The van der Waals surface area contributed by atoms with Crippen molar-refractivity contribution in [2.24, 2.45) is 11.1 Å². The molecule has 0 aromatic rings. The van der Waals surface area contributed by atoms with E-state index in [-0.39, 0.29) is 32.0 Å². The number of nitrogens with two attached hydrogens (primary N) is 1. The first-order valence-corrected chi connectivity index (χ1v) is 6.56. The molecule has 1 saturated carbocycles. The van der Waals surface area contributed by atoms with Crippen molar-refractivity contribution in [1.29, 1.82) is 0 Å². The van der Waals surface area contributed by atoms with Crippen LogP contribution in [0.25, 0.3) is 0 Å². The van der Waals surface area contributed by atoms with Crippen molar-refractivity contribution in [2.75, 3.05) is 13.1 Å². The Hall–Kier alpha value is -0.703. The molecular weight excluding hydrogens is 255 g/mol. The van der Waals surface area contributed by atoms with Crippen molar-refractivity contribution in [3.8, 4) is 0 Å². The summed E-state index contributed by atoms with van der Waals surface area (Å²) in [5.41, 5.74) is 3.66. The van der Waals surface area contributed by atoms with Crippen LogP contribution in [0.3, 0.4) is 0 Å². The van der Waals surface area contributed by atoms with E-state index in [0.29, 0.717) is 19.3 Å². The van der Waals surface area contributed by atoms with Gasteiger partial charge in [-0.3, -0.25) is 0 Å². The van der Waals surface area contributed by atoms with Gasteiger partial charge in [-0.2, -0.15) is 0 Å². The van der Waals surface area contributed by atoms with Crippen molar-refractivity contribution in [3.63, 3.8) is 0 Å². The Morgan fingerprint density at radius 1 is 1.35 bits per heavy atom. The second-order valence-electron chi connectivity index (χ2n) is 6.74. The minimum Gasteiger partial charge on any atom is -0.549 e. The number of ether oxygens (including phenoxy) is 1. The summed E-state index contributed by atoms with van der Waals surface area (Å²) in [4.78, 5) is 25.1. The molecule has 1 aliphatic carbocycles. The van der Waals surface area contributed by atoms with Gasteiger partial charge in [-0.25, -0.2) is 4.79 Å². The van der Waals surface area contributed by atoms with E-state index < -0.39 is 28.6 Å². The third kappa shape index (κ3) is 2.69. The molecule has 6 nitrogen and oxygen atoms in total. The molecule has 2 unspecified atom stereocenters. The number of likely N-dealkylation sites (tertiary alicyclic amines) is 1. The number of carboxylic acids is 1. The molecule has 2 aliphatic rings. The van der Waals surface area contributed by atoms with Gasteiger partial charge in [0.05, 0.1) is 5.54 Å². The molecule has 0 aromatic carbocycles. The summed E-state index contributed by atoms with van der Waals surface area (Å²) >= 11 is 0. The summed E-state index contributed by atoms with van der Waals surface area (Å²) < 4.78 is 5.34. The summed E-state index contributed by atoms with van der Waals surface area (Å²) in [6, 6.07) is 0. The molecule has 108 valence electrons. The Morgan fingerprint density at radius 3 is 2.40 bits per heavy atom. The monoisotopic (exact) mass is 276 g/mol. The molecule has 1 heterocycles. The molecule has 0 radical (unpaired) electrons. The van der Waals surface area contributed by atoms with Crippen LogP contribution in [-0.4, -0.2) is 41.2 Å². The van der Waals surface area contributed by atoms with E-state index >= 15 is 0 Å². The zero-order valence-electron chi connectivity index (χ0n) is 12.7. The van der Waals surface area contributed by atoms with Gasteiger partial charge in [-0.05, 0) is 40.0 Å². The molecule has 2 atom stereocenters.